The van der Waals surface area contributed by atoms with Gasteiger partial charge in [0.05, 0.1) is 13.7 Å². The normalized spacial score (nSPS) is 13.5. The monoisotopic (exact) mass is 305 g/mol. The Balaban J connectivity index is 2.07. The van der Waals surface area contributed by atoms with Crippen LogP contribution in [0.2, 0.25) is 0 Å². The molecule has 0 saturated heterocycles. The molecule has 0 spiro atoms. The molecule has 1 unspecified atom stereocenters. The summed E-state index contributed by atoms with van der Waals surface area (Å²) >= 11 is 1.37. The molecule has 0 aliphatic carbocycles. The zero-order valence-corrected chi connectivity index (χ0v) is 13.2. The largest absolute Gasteiger partial charge is 0.495 e. The van der Waals surface area contributed by atoms with Gasteiger partial charge in [0.1, 0.15) is 16.2 Å². The van der Waals surface area contributed by atoms with E-state index >= 15 is 0 Å². The molecular formula is C16H19NO3S. The molecule has 0 bridgehead atoms. The maximum Gasteiger partial charge on any atom is 0.265 e. The number of benzene rings is 1. The average molecular weight is 305 g/mol. The summed E-state index contributed by atoms with van der Waals surface area (Å²) in [5, 5.41) is 13.2. The van der Waals surface area contributed by atoms with Crippen LogP contribution in [0, 0.1) is 6.92 Å². The minimum absolute atomic E-state index is 0.135. The first-order chi connectivity index (χ1) is 9.94. The highest BCUT2D eigenvalue weighted by Gasteiger charge is 2.25. The highest BCUT2D eigenvalue weighted by Crippen LogP contribution is 2.28. The van der Waals surface area contributed by atoms with Crippen molar-refractivity contribution in [1.29, 1.82) is 0 Å². The number of carbonyl (C=O) groups is 1. The molecule has 0 aliphatic heterocycles. The van der Waals surface area contributed by atoms with Crippen molar-refractivity contribution in [3.8, 4) is 5.75 Å². The molecule has 112 valence electrons. The van der Waals surface area contributed by atoms with Gasteiger partial charge in [-0.25, -0.2) is 0 Å². The van der Waals surface area contributed by atoms with Gasteiger partial charge < -0.3 is 15.2 Å². The van der Waals surface area contributed by atoms with Gasteiger partial charge in [0.2, 0.25) is 0 Å². The fraction of sp³-hybridized carbons (Fsp3) is 0.312. The Hall–Kier alpha value is -1.85. The van der Waals surface area contributed by atoms with Crippen LogP contribution in [0.1, 0.15) is 27.0 Å². The molecule has 0 saturated carbocycles. The average Bonchev–Trinajstić information content (AvgIpc) is 2.87. The molecule has 1 aromatic carbocycles. The van der Waals surface area contributed by atoms with Gasteiger partial charge >= 0.3 is 0 Å². The number of rotatable bonds is 5. The van der Waals surface area contributed by atoms with Crippen LogP contribution >= 0.6 is 11.3 Å². The van der Waals surface area contributed by atoms with Crippen molar-refractivity contribution in [3.63, 3.8) is 0 Å². The van der Waals surface area contributed by atoms with E-state index in [0.717, 1.165) is 10.4 Å². The standard InChI is InChI=1S/C16H19NO3S/c1-11-9-13(20-3)14(21-11)15(18)17-10-16(2,19)12-7-5-4-6-8-12/h4-9,19H,10H2,1-3H3,(H,17,18). The molecule has 0 fully saturated rings. The Morgan fingerprint density at radius 2 is 2.05 bits per heavy atom. The second-order valence-electron chi connectivity index (χ2n) is 5.08. The lowest BCUT2D eigenvalue weighted by Gasteiger charge is -2.24. The summed E-state index contributed by atoms with van der Waals surface area (Å²) in [7, 11) is 1.54. The number of hydrogen-bond donors (Lipinski definition) is 2. The number of ether oxygens (including phenoxy) is 1. The van der Waals surface area contributed by atoms with Crippen LogP contribution in [0.3, 0.4) is 0 Å². The van der Waals surface area contributed by atoms with Crippen molar-refractivity contribution in [2.24, 2.45) is 0 Å². The minimum Gasteiger partial charge on any atom is -0.495 e. The number of amides is 1. The van der Waals surface area contributed by atoms with E-state index in [0.29, 0.717) is 10.6 Å². The fourth-order valence-corrected chi connectivity index (χ4v) is 2.93. The van der Waals surface area contributed by atoms with Crippen LogP contribution in [0.5, 0.6) is 5.75 Å². The molecule has 5 heteroatoms. The molecule has 21 heavy (non-hydrogen) atoms. The van der Waals surface area contributed by atoms with Crippen LogP contribution in [0.4, 0.5) is 0 Å². The second kappa shape index (κ2) is 6.28. The van der Waals surface area contributed by atoms with Crippen LogP contribution in [-0.2, 0) is 5.60 Å². The van der Waals surface area contributed by atoms with Gasteiger partial charge in [0.25, 0.3) is 5.91 Å². The van der Waals surface area contributed by atoms with Gasteiger partial charge in [-0.15, -0.1) is 11.3 Å². The molecule has 1 heterocycles. The Kier molecular flexibility index (Phi) is 4.65. The first kappa shape index (κ1) is 15.5. The molecule has 0 aliphatic rings. The SMILES string of the molecule is COc1cc(C)sc1C(=O)NCC(C)(O)c1ccccc1. The molecule has 1 atom stereocenters. The maximum absolute atomic E-state index is 12.2. The van der Waals surface area contributed by atoms with Crippen molar-refractivity contribution in [3.05, 3.63) is 51.7 Å². The number of hydrogen-bond acceptors (Lipinski definition) is 4. The Bertz CT molecular complexity index is 620. The third kappa shape index (κ3) is 3.62. The molecule has 0 radical (unpaired) electrons. The number of aliphatic hydroxyl groups is 1. The zero-order valence-electron chi connectivity index (χ0n) is 12.3. The summed E-state index contributed by atoms with van der Waals surface area (Å²) in [6.07, 6.45) is 0. The van der Waals surface area contributed by atoms with Crippen molar-refractivity contribution in [2.75, 3.05) is 13.7 Å². The van der Waals surface area contributed by atoms with Gasteiger partial charge in [-0.3, -0.25) is 4.79 Å². The number of thiophene rings is 1. The lowest BCUT2D eigenvalue weighted by molar-refractivity contribution is 0.0527. The summed E-state index contributed by atoms with van der Waals surface area (Å²) in [6.45, 7) is 3.74. The van der Waals surface area contributed by atoms with E-state index in [1.807, 2.05) is 43.3 Å². The van der Waals surface area contributed by atoms with Crippen molar-refractivity contribution in [1.82, 2.24) is 5.32 Å². The van der Waals surface area contributed by atoms with E-state index in [-0.39, 0.29) is 12.5 Å². The fourth-order valence-electron chi connectivity index (χ4n) is 2.03. The van der Waals surface area contributed by atoms with Crippen molar-refractivity contribution < 1.29 is 14.6 Å². The topological polar surface area (TPSA) is 58.6 Å². The summed E-state index contributed by atoms with van der Waals surface area (Å²) in [6, 6.07) is 11.1. The molecule has 2 N–H and O–H groups in total. The van der Waals surface area contributed by atoms with E-state index in [2.05, 4.69) is 5.32 Å². The van der Waals surface area contributed by atoms with Crippen molar-refractivity contribution in [2.45, 2.75) is 19.4 Å². The lowest BCUT2D eigenvalue weighted by Crippen LogP contribution is -2.38. The minimum atomic E-state index is -1.11. The zero-order chi connectivity index (χ0) is 15.5. The van der Waals surface area contributed by atoms with Gasteiger partial charge in [0.15, 0.2) is 0 Å². The lowest BCUT2D eigenvalue weighted by atomic mass is 9.96. The van der Waals surface area contributed by atoms with Crippen molar-refractivity contribution >= 4 is 17.2 Å². The summed E-state index contributed by atoms with van der Waals surface area (Å²) in [5.74, 6) is 0.329. The number of aryl methyl sites for hydroxylation is 1. The summed E-state index contributed by atoms with van der Waals surface area (Å²) in [4.78, 5) is 13.8. The highest BCUT2D eigenvalue weighted by molar-refractivity contribution is 7.14. The smallest absolute Gasteiger partial charge is 0.265 e. The molecule has 1 amide bonds. The van der Waals surface area contributed by atoms with Crippen LogP contribution < -0.4 is 10.1 Å². The molecular weight excluding hydrogens is 286 g/mol. The maximum atomic E-state index is 12.2. The predicted octanol–water partition coefficient (Wildman–Crippen LogP) is 2.70. The molecule has 2 aromatic rings. The van der Waals surface area contributed by atoms with Gasteiger partial charge in [-0.1, -0.05) is 30.3 Å². The number of methoxy groups -OCH3 is 1. The number of nitrogens with one attached hydrogen (secondary N) is 1. The van der Waals surface area contributed by atoms with E-state index in [9.17, 15) is 9.90 Å². The van der Waals surface area contributed by atoms with Crippen LogP contribution in [0.25, 0.3) is 0 Å². The third-order valence-electron chi connectivity index (χ3n) is 3.24. The molecule has 1 aromatic heterocycles. The quantitative estimate of drug-likeness (QED) is 0.893. The summed E-state index contributed by atoms with van der Waals surface area (Å²) < 4.78 is 5.19. The molecule has 4 nitrogen and oxygen atoms in total. The third-order valence-corrected chi connectivity index (χ3v) is 4.27. The van der Waals surface area contributed by atoms with E-state index in [1.165, 1.54) is 11.3 Å². The van der Waals surface area contributed by atoms with Crippen LogP contribution in [0.15, 0.2) is 36.4 Å². The summed E-state index contributed by atoms with van der Waals surface area (Å²) in [5.41, 5.74) is -0.351. The highest BCUT2D eigenvalue weighted by atomic mass is 32.1. The Morgan fingerprint density at radius 3 is 2.67 bits per heavy atom. The molecule has 2 rings (SSSR count). The first-order valence-corrected chi connectivity index (χ1v) is 7.46. The van der Waals surface area contributed by atoms with E-state index in [1.54, 1.807) is 14.0 Å². The Morgan fingerprint density at radius 1 is 1.38 bits per heavy atom. The first-order valence-electron chi connectivity index (χ1n) is 6.64. The van der Waals surface area contributed by atoms with Gasteiger partial charge in [-0.05, 0) is 25.5 Å². The van der Waals surface area contributed by atoms with E-state index < -0.39 is 5.60 Å². The second-order valence-corrected chi connectivity index (χ2v) is 6.33. The van der Waals surface area contributed by atoms with Gasteiger partial charge in [-0.2, -0.15) is 0 Å². The Labute approximate surface area is 128 Å². The van der Waals surface area contributed by atoms with Crippen LogP contribution in [-0.4, -0.2) is 24.7 Å². The van der Waals surface area contributed by atoms with E-state index in [4.69, 9.17) is 4.74 Å². The predicted molar refractivity (Wildman–Crippen MR) is 84.0 cm³/mol. The number of carbonyl (C=O) groups excluding carboxylic acids is 1. The van der Waals surface area contributed by atoms with Gasteiger partial charge in [0, 0.05) is 4.88 Å².